The molecule has 0 spiro atoms. The van der Waals surface area contributed by atoms with Gasteiger partial charge in [-0.2, -0.15) is 0 Å². The van der Waals surface area contributed by atoms with E-state index in [2.05, 4.69) is 66.8 Å². The zero-order valence-electron chi connectivity index (χ0n) is 15.9. The van der Waals surface area contributed by atoms with E-state index in [-0.39, 0.29) is 36.2 Å². The van der Waals surface area contributed by atoms with Crippen molar-refractivity contribution in [2.24, 2.45) is 10.7 Å². The first-order valence-corrected chi connectivity index (χ1v) is 9.02. The smallest absolute Gasteiger partial charge is 0.191 e. The average Bonchev–Trinajstić information content (AvgIpc) is 2.54. The Hall–Kier alpha value is -0.860. The summed E-state index contributed by atoms with van der Waals surface area (Å²) in [6.45, 7) is 13.8. The molecule has 0 aliphatic carbocycles. The molecule has 0 radical (unpaired) electrons. The zero-order chi connectivity index (χ0) is 17.5. The zero-order valence-corrected chi connectivity index (χ0v) is 18.3. The van der Waals surface area contributed by atoms with Crippen LogP contribution in [0.3, 0.4) is 0 Å². The number of nitrogens with two attached hydrogens (primary N) is 1. The van der Waals surface area contributed by atoms with Crippen LogP contribution in [-0.2, 0) is 17.8 Å². The van der Waals surface area contributed by atoms with Gasteiger partial charge in [-0.1, -0.05) is 24.3 Å². The van der Waals surface area contributed by atoms with E-state index in [0.29, 0.717) is 12.5 Å². The van der Waals surface area contributed by atoms with Crippen molar-refractivity contribution >= 4 is 29.9 Å². The minimum Gasteiger partial charge on any atom is -0.373 e. The second kappa shape index (κ2) is 11.0. The number of aliphatic imine (C=N–C) groups is 1. The van der Waals surface area contributed by atoms with E-state index in [0.717, 1.165) is 32.7 Å². The summed E-state index contributed by atoms with van der Waals surface area (Å²) in [6, 6.07) is 8.53. The molecule has 2 rings (SSSR count). The molecule has 0 amide bonds. The number of nitrogens with zero attached hydrogens (tertiary/aromatic N) is 3. The maximum absolute atomic E-state index is 6.11. The van der Waals surface area contributed by atoms with Gasteiger partial charge < -0.3 is 15.4 Å². The van der Waals surface area contributed by atoms with E-state index in [1.165, 1.54) is 11.1 Å². The van der Waals surface area contributed by atoms with Crippen molar-refractivity contribution in [3.8, 4) is 0 Å². The molecule has 0 bridgehead atoms. The summed E-state index contributed by atoms with van der Waals surface area (Å²) in [4.78, 5) is 9.14. The Balaban J connectivity index is 0.00000312. The Morgan fingerprint density at radius 1 is 1.16 bits per heavy atom. The highest BCUT2D eigenvalue weighted by Crippen LogP contribution is 2.17. The van der Waals surface area contributed by atoms with E-state index < -0.39 is 0 Å². The highest BCUT2D eigenvalue weighted by atomic mass is 127. The van der Waals surface area contributed by atoms with Crippen molar-refractivity contribution in [3.05, 3.63) is 35.4 Å². The fourth-order valence-electron chi connectivity index (χ4n) is 3.33. The molecule has 1 aliphatic heterocycles. The molecule has 2 N–H and O–H groups in total. The molecule has 2 unspecified atom stereocenters. The van der Waals surface area contributed by atoms with Gasteiger partial charge in [-0.25, -0.2) is 4.99 Å². The SMILES string of the molecule is CCN(CC)C(N)=NCc1ccccc1CN1CC(C)OC(C)C1.I. The number of hydrogen-bond acceptors (Lipinski definition) is 3. The number of morpholine rings is 1. The van der Waals surface area contributed by atoms with E-state index in [4.69, 9.17) is 10.5 Å². The van der Waals surface area contributed by atoms with Crippen LogP contribution in [0, 0.1) is 0 Å². The molecule has 142 valence electrons. The molecule has 25 heavy (non-hydrogen) atoms. The van der Waals surface area contributed by atoms with Gasteiger partial charge in [0.25, 0.3) is 0 Å². The van der Waals surface area contributed by atoms with Crippen molar-refractivity contribution in [2.45, 2.75) is 53.0 Å². The molecular weight excluding hydrogens is 427 g/mol. The van der Waals surface area contributed by atoms with Crippen molar-refractivity contribution in [3.63, 3.8) is 0 Å². The highest BCUT2D eigenvalue weighted by Gasteiger charge is 2.22. The molecular formula is C19H33IN4O. The lowest BCUT2D eigenvalue weighted by atomic mass is 10.1. The highest BCUT2D eigenvalue weighted by molar-refractivity contribution is 14.0. The Kier molecular flexibility index (Phi) is 9.74. The van der Waals surface area contributed by atoms with Gasteiger partial charge in [0, 0.05) is 32.7 Å². The van der Waals surface area contributed by atoms with Gasteiger partial charge in [-0.3, -0.25) is 4.90 Å². The van der Waals surface area contributed by atoms with Gasteiger partial charge in [0.1, 0.15) is 0 Å². The third-order valence-electron chi connectivity index (χ3n) is 4.51. The Labute approximate surface area is 169 Å². The summed E-state index contributed by atoms with van der Waals surface area (Å²) < 4.78 is 5.83. The summed E-state index contributed by atoms with van der Waals surface area (Å²) in [5, 5.41) is 0. The molecule has 1 aromatic rings. The fraction of sp³-hybridized carbons (Fsp3) is 0.632. The summed E-state index contributed by atoms with van der Waals surface area (Å²) in [5.41, 5.74) is 8.68. The molecule has 6 heteroatoms. The number of benzene rings is 1. The van der Waals surface area contributed by atoms with Gasteiger partial charge >= 0.3 is 0 Å². The number of rotatable bonds is 6. The molecule has 1 heterocycles. The maximum Gasteiger partial charge on any atom is 0.191 e. The van der Waals surface area contributed by atoms with E-state index in [1.54, 1.807) is 0 Å². The monoisotopic (exact) mass is 460 g/mol. The molecule has 0 saturated carbocycles. The minimum atomic E-state index is 0. The van der Waals surface area contributed by atoms with Gasteiger partial charge in [0.2, 0.25) is 0 Å². The molecule has 0 aromatic heterocycles. The minimum absolute atomic E-state index is 0. The topological polar surface area (TPSA) is 54.1 Å². The second-order valence-electron chi connectivity index (χ2n) is 6.57. The summed E-state index contributed by atoms with van der Waals surface area (Å²) >= 11 is 0. The van der Waals surface area contributed by atoms with Crippen LogP contribution >= 0.6 is 24.0 Å². The molecule has 1 saturated heterocycles. The van der Waals surface area contributed by atoms with Gasteiger partial charge in [0.15, 0.2) is 5.96 Å². The van der Waals surface area contributed by atoms with Crippen LogP contribution in [0.4, 0.5) is 0 Å². The van der Waals surface area contributed by atoms with Crippen molar-refractivity contribution in [2.75, 3.05) is 26.2 Å². The summed E-state index contributed by atoms with van der Waals surface area (Å²) in [7, 11) is 0. The quantitative estimate of drug-likeness (QED) is 0.403. The second-order valence-corrected chi connectivity index (χ2v) is 6.57. The first-order valence-electron chi connectivity index (χ1n) is 9.02. The van der Waals surface area contributed by atoms with Crippen LogP contribution in [0.5, 0.6) is 0 Å². The lowest BCUT2D eigenvalue weighted by Crippen LogP contribution is -2.44. The predicted molar refractivity (Wildman–Crippen MR) is 115 cm³/mol. The predicted octanol–water partition coefficient (Wildman–Crippen LogP) is 3.07. The lowest BCUT2D eigenvalue weighted by molar-refractivity contribution is -0.0705. The van der Waals surface area contributed by atoms with Crippen LogP contribution in [0.1, 0.15) is 38.8 Å². The van der Waals surface area contributed by atoms with Crippen molar-refractivity contribution in [1.29, 1.82) is 0 Å². The van der Waals surface area contributed by atoms with Crippen LogP contribution < -0.4 is 5.73 Å². The number of ether oxygens (including phenoxy) is 1. The van der Waals surface area contributed by atoms with E-state index >= 15 is 0 Å². The van der Waals surface area contributed by atoms with Crippen LogP contribution in [0.2, 0.25) is 0 Å². The molecule has 2 atom stereocenters. The molecule has 1 fully saturated rings. The van der Waals surface area contributed by atoms with Crippen LogP contribution in [0.25, 0.3) is 0 Å². The number of halogens is 1. The van der Waals surface area contributed by atoms with E-state index in [1.807, 2.05) is 0 Å². The maximum atomic E-state index is 6.11. The Morgan fingerprint density at radius 3 is 2.28 bits per heavy atom. The first kappa shape index (κ1) is 22.2. The van der Waals surface area contributed by atoms with E-state index in [9.17, 15) is 0 Å². The van der Waals surface area contributed by atoms with Crippen molar-refractivity contribution < 1.29 is 4.74 Å². The Bertz CT molecular complexity index is 538. The first-order chi connectivity index (χ1) is 11.5. The largest absolute Gasteiger partial charge is 0.373 e. The van der Waals surface area contributed by atoms with Gasteiger partial charge in [0.05, 0.1) is 18.8 Å². The fourth-order valence-corrected chi connectivity index (χ4v) is 3.33. The van der Waals surface area contributed by atoms with Gasteiger partial charge in [-0.05, 0) is 38.8 Å². The number of guanidine groups is 1. The summed E-state index contributed by atoms with van der Waals surface area (Å²) in [6.07, 6.45) is 0.578. The summed E-state index contributed by atoms with van der Waals surface area (Å²) in [5.74, 6) is 0.628. The van der Waals surface area contributed by atoms with Crippen LogP contribution in [0.15, 0.2) is 29.3 Å². The molecule has 1 aromatic carbocycles. The normalized spacial score (nSPS) is 21.7. The third kappa shape index (κ3) is 6.75. The number of hydrogen-bond donors (Lipinski definition) is 1. The van der Waals surface area contributed by atoms with Crippen molar-refractivity contribution in [1.82, 2.24) is 9.80 Å². The van der Waals surface area contributed by atoms with Crippen LogP contribution in [-0.4, -0.2) is 54.1 Å². The Morgan fingerprint density at radius 2 is 1.72 bits per heavy atom. The standard InChI is InChI=1S/C19H32N4O.HI/c1-5-23(6-2)19(20)21-11-17-9-7-8-10-18(17)14-22-12-15(3)24-16(4)13-22;/h7-10,15-16H,5-6,11-14H2,1-4H3,(H2,20,21);1H. The third-order valence-corrected chi connectivity index (χ3v) is 4.51. The molecule has 1 aliphatic rings. The lowest BCUT2D eigenvalue weighted by Gasteiger charge is -2.35. The average molecular weight is 460 g/mol. The van der Waals surface area contributed by atoms with Gasteiger partial charge in [-0.15, -0.1) is 24.0 Å². The molecule has 5 nitrogen and oxygen atoms in total.